The van der Waals surface area contributed by atoms with Crippen molar-refractivity contribution >= 4 is 46.2 Å². The Morgan fingerprint density at radius 3 is 2.45 bits per heavy atom. The van der Waals surface area contributed by atoms with Gasteiger partial charge >= 0.3 is 0 Å². The summed E-state index contributed by atoms with van der Waals surface area (Å²) < 4.78 is 6.33. The number of pyridine rings is 1. The lowest BCUT2D eigenvalue weighted by Crippen LogP contribution is -2.29. The smallest absolute Gasteiger partial charge is 0.174 e. The van der Waals surface area contributed by atoms with E-state index in [9.17, 15) is 0 Å². The van der Waals surface area contributed by atoms with Crippen LogP contribution >= 0.6 is 35.4 Å². The van der Waals surface area contributed by atoms with Crippen LogP contribution in [0, 0.1) is 0 Å². The average molecular weight is 466 g/mol. The summed E-state index contributed by atoms with van der Waals surface area (Å²) in [4.78, 5) is 6.64. The zero-order chi connectivity index (χ0) is 21.4. The van der Waals surface area contributed by atoms with E-state index >= 15 is 0 Å². The number of anilines is 1. The van der Waals surface area contributed by atoms with E-state index in [0.29, 0.717) is 20.9 Å². The number of para-hydroxylation sites is 1. The molecule has 0 aliphatic carbocycles. The van der Waals surface area contributed by atoms with E-state index in [0.717, 1.165) is 22.7 Å². The van der Waals surface area contributed by atoms with Crippen molar-refractivity contribution in [2.75, 3.05) is 4.90 Å². The average Bonchev–Trinajstić information content (AvgIpc) is 3.41. The molecule has 4 nitrogen and oxygen atoms in total. The molecule has 0 spiro atoms. The zero-order valence-corrected chi connectivity index (χ0v) is 18.5. The highest BCUT2D eigenvalue weighted by molar-refractivity contribution is 7.80. The second-order valence-electron chi connectivity index (χ2n) is 7.16. The Labute approximate surface area is 195 Å². The molecule has 3 heterocycles. The molecule has 1 saturated heterocycles. The van der Waals surface area contributed by atoms with Crippen LogP contribution in [0.4, 0.5) is 5.69 Å². The molecule has 4 aromatic rings. The maximum absolute atomic E-state index is 6.33. The third kappa shape index (κ3) is 3.81. The summed E-state index contributed by atoms with van der Waals surface area (Å²) in [6.07, 6.45) is 1.78. The molecule has 2 aromatic heterocycles. The predicted octanol–water partition coefficient (Wildman–Crippen LogP) is 6.83. The minimum Gasteiger partial charge on any atom is -0.459 e. The molecule has 7 heteroatoms. The fourth-order valence-corrected chi connectivity index (χ4v) is 4.47. The Morgan fingerprint density at radius 1 is 0.903 bits per heavy atom. The van der Waals surface area contributed by atoms with E-state index in [4.69, 9.17) is 39.8 Å². The third-order valence-electron chi connectivity index (χ3n) is 5.25. The predicted molar refractivity (Wildman–Crippen MR) is 129 cm³/mol. The number of hydrogen-bond acceptors (Lipinski definition) is 3. The van der Waals surface area contributed by atoms with Gasteiger partial charge in [-0.25, -0.2) is 0 Å². The maximum atomic E-state index is 6.33. The second-order valence-corrected chi connectivity index (χ2v) is 8.36. The van der Waals surface area contributed by atoms with Crippen LogP contribution in [0.15, 0.2) is 89.5 Å². The van der Waals surface area contributed by atoms with Gasteiger partial charge in [-0.2, -0.15) is 0 Å². The third-order valence-corrected chi connectivity index (χ3v) is 6.31. The first-order chi connectivity index (χ1) is 15.1. The molecule has 2 atom stereocenters. The second kappa shape index (κ2) is 8.35. The topological polar surface area (TPSA) is 41.3 Å². The molecule has 1 aliphatic rings. The number of hydrogen-bond donors (Lipinski definition) is 1. The fraction of sp³-hybridized carbons (Fsp3) is 0.0833. The van der Waals surface area contributed by atoms with Gasteiger partial charge in [0.25, 0.3) is 0 Å². The number of rotatable bonds is 4. The Balaban J connectivity index is 1.59. The summed E-state index contributed by atoms with van der Waals surface area (Å²) in [5, 5.41) is 5.05. The molecule has 31 heavy (non-hydrogen) atoms. The van der Waals surface area contributed by atoms with Gasteiger partial charge in [0, 0.05) is 17.4 Å². The summed E-state index contributed by atoms with van der Waals surface area (Å²) >= 11 is 18.0. The molecule has 1 aliphatic heterocycles. The Bertz CT molecular complexity index is 1230. The largest absolute Gasteiger partial charge is 0.459 e. The van der Waals surface area contributed by atoms with Crippen molar-refractivity contribution in [1.29, 1.82) is 0 Å². The van der Waals surface area contributed by atoms with Crippen molar-refractivity contribution in [3.8, 4) is 11.3 Å². The van der Waals surface area contributed by atoms with E-state index in [-0.39, 0.29) is 12.1 Å². The number of thiocarbonyl (C=S) groups is 1. The van der Waals surface area contributed by atoms with E-state index < -0.39 is 0 Å². The number of nitrogens with zero attached hydrogens (tertiary/aromatic N) is 2. The maximum Gasteiger partial charge on any atom is 0.174 e. The van der Waals surface area contributed by atoms with Crippen LogP contribution in [-0.2, 0) is 0 Å². The van der Waals surface area contributed by atoms with E-state index in [1.807, 2.05) is 66.7 Å². The van der Waals surface area contributed by atoms with Crippen LogP contribution in [0.25, 0.3) is 11.3 Å². The number of nitrogens with one attached hydrogen (secondary N) is 1. The first-order valence-electron chi connectivity index (χ1n) is 9.72. The SMILES string of the molecule is S=C1N[C@H](c2ccccn2)[C@@H](c2ccc(-c3ccc(Cl)c(Cl)c3)o2)N1c1ccccc1. The van der Waals surface area contributed by atoms with Gasteiger partial charge in [-0.1, -0.05) is 47.5 Å². The highest BCUT2D eigenvalue weighted by atomic mass is 35.5. The normalized spacial score (nSPS) is 18.3. The van der Waals surface area contributed by atoms with Crippen LogP contribution in [0.1, 0.15) is 23.5 Å². The van der Waals surface area contributed by atoms with Crippen LogP contribution in [0.2, 0.25) is 10.0 Å². The minimum atomic E-state index is -0.207. The Kier molecular flexibility index (Phi) is 5.40. The van der Waals surface area contributed by atoms with E-state index in [2.05, 4.69) is 15.2 Å². The van der Waals surface area contributed by atoms with Crippen molar-refractivity contribution in [2.45, 2.75) is 12.1 Å². The van der Waals surface area contributed by atoms with Gasteiger partial charge in [0.05, 0.1) is 21.8 Å². The van der Waals surface area contributed by atoms with Gasteiger partial charge < -0.3 is 14.6 Å². The highest BCUT2D eigenvalue weighted by Gasteiger charge is 2.42. The number of furan rings is 1. The molecule has 0 bridgehead atoms. The molecule has 0 amide bonds. The highest BCUT2D eigenvalue weighted by Crippen LogP contribution is 2.43. The standard InChI is InChI=1S/C24H17Cl2N3OS/c25-17-10-9-15(14-18(17)26)20-11-12-21(30-20)23-22(19-8-4-5-13-27-19)28-24(31)29(23)16-6-2-1-3-7-16/h1-14,22-23H,(H,28,31)/t22-,23-/m1/s1. The van der Waals surface area contributed by atoms with Crippen molar-refractivity contribution in [3.05, 3.63) is 107 Å². The minimum absolute atomic E-state index is 0.165. The molecule has 0 saturated carbocycles. The molecule has 154 valence electrons. The number of aromatic nitrogens is 1. The van der Waals surface area contributed by atoms with Crippen molar-refractivity contribution in [1.82, 2.24) is 10.3 Å². The molecule has 2 aromatic carbocycles. The number of benzene rings is 2. The van der Waals surface area contributed by atoms with Gasteiger partial charge in [-0.05, 0) is 66.8 Å². The molecule has 0 unspecified atom stereocenters. The summed E-state index contributed by atoms with van der Waals surface area (Å²) in [5.74, 6) is 1.48. The van der Waals surface area contributed by atoms with Gasteiger partial charge in [0.15, 0.2) is 5.11 Å². The molecule has 0 radical (unpaired) electrons. The van der Waals surface area contributed by atoms with Crippen LogP contribution in [-0.4, -0.2) is 10.1 Å². The lowest BCUT2D eigenvalue weighted by Gasteiger charge is -2.26. The van der Waals surface area contributed by atoms with Gasteiger partial charge in [0.2, 0.25) is 0 Å². The zero-order valence-electron chi connectivity index (χ0n) is 16.2. The summed E-state index contributed by atoms with van der Waals surface area (Å²) in [7, 11) is 0. The van der Waals surface area contributed by atoms with Crippen LogP contribution < -0.4 is 10.2 Å². The molecular formula is C24H17Cl2N3OS. The summed E-state index contributed by atoms with van der Waals surface area (Å²) in [6, 6.07) is 24.9. The molecule has 1 fully saturated rings. The Hall–Kier alpha value is -2.86. The molecule has 5 rings (SSSR count). The van der Waals surface area contributed by atoms with Gasteiger partial charge in [-0.15, -0.1) is 0 Å². The molecular weight excluding hydrogens is 449 g/mol. The van der Waals surface area contributed by atoms with Gasteiger partial charge in [0.1, 0.15) is 17.6 Å². The van der Waals surface area contributed by atoms with Crippen LogP contribution in [0.5, 0.6) is 0 Å². The first kappa shape index (κ1) is 20.1. The summed E-state index contributed by atoms with van der Waals surface area (Å²) in [6.45, 7) is 0. The quantitative estimate of drug-likeness (QED) is 0.334. The van der Waals surface area contributed by atoms with Crippen molar-refractivity contribution < 1.29 is 4.42 Å². The first-order valence-corrected chi connectivity index (χ1v) is 10.9. The number of halogens is 2. The fourth-order valence-electron chi connectivity index (χ4n) is 3.83. The monoisotopic (exact) mass is 465 g/mol. The Morgan fingerprint density at radius 2 is 1.71 bits per heavy atom. The van der Waals surface area contributed by atoms with Crippen LogP contribution in [0.3, 0.4) is 0 Å². The van der Waals surface area contributed by atoms with Crippen molar-refractivity contribution in [3.63, 3.8) is 0 Å². The van der Waals surface area contributed by atoms with E-state index in [1.165, 1.54) is 0 Å². The summed E-state index contributed by atoms with van der Waals surface area (Å²) in [5.41, 5.74) is 2.73. The van der Waals surface area contributed by atoms with Crippen molar-refractivity contribution in [2.24, 2.45) is 0 Å². The lowest BCUT2D eigenvalue weighted by molar-refractivity contribution is 0.439. The van der Waals surface area contributed by atoms with E-state index in [1.54, 1.807) is 18.3 Å². The molecule has 1 N–H and O–H groups in total. The lowest BCUT2D eigenvalue weighted by atomic mass is 10.0. The van der Waals surface area contributed by atoms with Gasteiger partial charge in [-0.3, -0.25) is 4.98 Å².